The van der Waals surface area contributed by atoms with E-state index in [4.69, 9.17) is 9.47 Å². The molecule has 0 spiro atoms. The number of rotatable bonds is 7. The van der Waals surface area contributed by atoms with Gasteiger partial charge in [0.05, 0.1) is 14.2 Å². The first-order valence-corrected chi connectivity index (χ1v) is 24.5. The van der Waals surface area contributed by atoms with Crippen LogP contribution in [-0.2, 0) is 10.9 Å². The molecule has 0 saturated carbocycles. The zero-order valence-electron chi connectivity index (χ0n) is 28.6. The van der Waals surface area contributed by atoms with Crippen LogP contribution < -0.4 is 25.0 Å². The van der Waals surface area contributed by atoms with Crippen molar-refractivity contribution in [2.24, 2.45) is 0 Å². The summed E-state index contributed by atoms with van der Waals surface area (Å²) in [5.41, 5.74) is 0.0991. The molecule has 2 heterocycles. The molecule has 0 fully saturated rings. The second kappa shape index (κ2) is 16.1. The molecule has 1 atom stereocenters. The second-order valence-corrected chi connectivity index (χ2v) is 20.7. The van der Waals surface area contributed by atoms with Crippen LogP contribution in [0.4, 0.5) is 14.1 Å². The van der Waals surface area contributed by atoms with Gasteiger partial charge in [-0.15, -0.1) is 22.7 Å². The van der Waals surface area contributed by atoms with E-state index in [2.05, 4.69) is 48.5 Å². The first kappa shape index (κ1) is 40.5. The van der Waals surface area contributed by atoms with Gasteiger partial charge in [0.2, 0.25) is 4.90 Å². The van der Waals surface area contributed by atoms with Crippen LogP contribution in [0.2, 0.25) is 0 Å². The molecule has 4 nitrogen and oxygen atoms in total. The zero-order valence-corrected chi connectivity index (χ0v) is 34.4. The van der Waals surface area contributed by atoms with Gasteiger partial charge in [-0.3, -0.25) is 9.59 Å². The standard InChI is InChI=1S/C40H27O4S4.6FH.Sb/c1-43-24-8-7-9-27(20-24)48(28-16-18-37-32(23-28)40(42)30-11-4-6-13-35(30)47-37)38-19-15-26(22-33(38)44-2)45-25-14-17-36-31(21-25)39(41)29-10-3-5-12-34(29)46-36;;;;;;;/h3-23H,1-2H3;6*1H;/q+1;;;;;;;+5/p-6. The molecule has 8 rings (SSSR count). The molecule has 0 saturated heterocycles. The van der Waals surface area contributed by atoms with Crippen molar-refractivity contribution in [1.82, 2.24) is 0 Å². The minimum atomic E-state index is -9.19. The minimum absolute atomic E-state index is 0. The van der Waals surface area contributed by atoms with Crippen LogP contribution >= 0.6 is 34.4 Å². The van der Waals surface area contributed by atoms with Crippen molar-refractivity contribution in [3.05, 3.63) is 148 Å². The van der Waals surface area contributed by atoms with E-state index < -0.39 is 31.2 Å². The van der Waals surface area contributed by atoms with E-state index in [9.17, 15) is 23.7 Å². The summed E-state index contributed by atoms with van der Waals surface area (Å²) in [6.45, 7) is 0. The van der Waals surface area contributed by atoms with Gasteiger partial charge >= 0.3 is 34.4 Å². The van der Waals surface area contributed by atoms with Gasteiger partial charge in [0.25, 0.3) is 0 Å². The second-order valence-electron chi connectivity index (χ2n) is 11.7. The van der Waals surface area contributed by atoms with Crippen molar-refractivity contribution in [3.63, 3.8) is 0 Å². The Balaban J connectivity index is 0.000000682. The van der Waals surface area contributed by atoms with Gasteiger partial charge < -0.3 is 14.2 Å². The number of halogens is 6. The van der Waals surface area contributed by atoms with Crippen LogP contribution in [0.3, 0.4) is 0 Å². The van der Waals surface area contributed by atoms with Gasteiger partial charge in [-0.1, -0.05) is 42.1 Å². The SMILES string of the molecule is COc1cccc([S+](c2ccc3sc4ccccc4c(=O)c3c2)c2ccc(Sc3ccc4sc5ccccc5c(=O)c4c3)cc2OC)c1.[F-].[F][Sb]([F])([F])([F])[F]. The molecule has 0 amide bonds. The number of hydrogen-bond donors (Lipinski definition) is 0. The van der Waals surface area contributed by atoms with Crippen LogP contribution in [0.15, 0.2) is 161 Å². The molecule has 0 bridgehead atoms. The van der Waals surface area contributed by atoms with E-state index in [1.807, 2.05) is 78.9 Å². The predicted molar refractivity (Wildman–Crippen MR) is 215 cm³/mol. The Hall–Kier alpha value is -4.20. The van der Waals surface area contributed by atoms with Crippen LogP contribution in [0.5, 0.6) is 11.5 Å². The fourth-order valence-corrected chi connectivity index (χ4v) is 11.1. The monoisotopic (exact) mass is 934 g/mol. The van der Waals surface area contributed by atoms with Crippen molar-refractivity contribution in [2.45, 2.75) is 24.5 Å². The molecular formula is C40H27F6O4S4Sb. The van der Waals surface area contributed by atoms with E-state index in [0.29, 0.717) is 5.39 Å². The molecule has 2 aromatic heterocycles. The molecule has 1 unspecified atom stereocenters. The molecule has 8 aromatic rings. The van der Waals surface area contributed by atoms with E-state index in [1.54, 1.807) is 48.7 Å². The normalized spacial score (nSPS) is 12.7. The summed E-state index contributed by atoms with van der Waals surface area (Å²) < 4.78 is 65.1. The number of methoxy groups -OCH3 is 2. The number of benzene rings is 6. The molecule has 0 N–H and O–H groups in total. The first-order chi connectivity index (χ1) is 25.7. The molecule has 0 aliphatic heterocycles. The fraction of sp³-hybridized carbons (Fsp3) is 0.0500. The van der Waals surface area contributed by atoms with Gasteiger partial charge in [-0.25, -0.2) is 0 Å². The molecule has 0 aliphatic carbocycles. The van der Waals surface area contributed by atoms with E-state index in [1.165, 1.54) is 0 Å². The third kappa shape index (κ3) is 9.27. The number of hydrogen-bond acceptors (Lipinski definition) is 7. The molecular weight excluding hydrogens is 908 g/mol. The Kier molecular flexibility index (Phi) is 11.9. The molecule has 55 heavy (non-hydrogen) atoms. The summed E-state index contributed by atoms with van der Waals surface area (Å²) in [5, 5.41) is 2.93. The van der Waals surface area contributed by atoms with Crippen molar-refractivity contribution < 1.29 is 28.2 Å². The van der Waals surface area contributed by atoms with E-state index in [-0.39, 0.29) is 15.6 Å². The maximum atomic E-state index is 13.7. The molecule has 282 valence electrons. The summed E-state index contributed by atoms with van der Waals surface area (Å²) in [6, 6.07) is 42.2. The van der Waals surface area contributed by atoms with Crippen LogP contribution in [0, 0.1) is 0 Å². The summed E-state index contributed by atoms with van der Waals surface area (Å²) >= 11 is -4.32. The van der Waals surface area contributed by atoms with Crippen LogP contribution in [0.1, 0.15) is 0 Å². The molecule has 0 aliphatic rings. The van der Waals surface area contributed by atoms with Gasteiger partial charge in [0.1, 0.15) is 16.6 Å². The molecule has 6 aromatic carbocycles. The average molecular weight is 936 g/mol. The van der Waals surface area contributed by atoms with Gasteiger partial charge in [0, 0.05) is 62.3 Å². The Labute approximate surface area is 329 Å². The van der Waals surface area contributed by atoms with E-state index >= 15 is 0 Å². The van der Waals surface area contributed by atoms with Crippen LogP contribution in [-0.4, -0.2) is 34.5 Å². The van der Waals surface area contributed by atoms with Crippen molar-refractivity contribution in [2.75, 3.05) is 14.2 Å². The van der Waals surface area contributed by atoms with Gasteiger partial charge in [-0.05, 0) is 84.9 Å². The van der Waals surface area contributed by atoms with Gasteiger partial charge in [0.15, 0.2) is 26.4 Å². The third-order valence-electron chi connectivity index (χ3n) is 8.20. The Morgan fingerprint density at radius 1 is 0.545 bits per heavy atom. The first-order valence-electron chi connectivity index (χ1n) is 16.0. The fourth-order valence-electron chi connectivity index (χ4n) is 5.89. The quantitative estimate of drug-likeness (QED) is 0.0692. The summed E-state index contributed by atoms with van der Waals surface area (Å²) in [4.78, 5) is 32.1. The van der Waals surface area contributed by atoms with Crippen molar-refractivity contribution >= 4 is 106 Å². The molecule has 0 radical (unpaired) electrons. The summed E-state index contributed by atoms with van der Waals surface area (Å²) in [7, 11) is 2.75. The van der Waals surface area contributed by atoms with E-state index in [0.717, 1.165) is 70.9 Å². The van der Waals surface area contributed by atoms with Crippen LogP contribution in [0.25, 0.3) is 40.3 Å². The Morgan fingerprint density at radius 3 is 1.65 bits per heavy atom. The Morgan fingerprint density at radius 2 is 1.05 bits per heavy atom. The average Bonchev–Trinajstić information content (AvgIpc) is 3.15. The molecule has 15 heteroatoms. The van der Waals surface area contributed by atoms with Gasteiger partial charge in [-0.2, -0.15) is 0 Å². The number of fused-ring (bicyclic) bond motifs is 4. The topological polar surface area (TPSA) is 52.6 Å². The third-order valence-corrected chi connectivity index (χ3v) is 13.7. The number of ether oxygens (including phenoxy) is 2. The zero-order chi connectivity index (χ0) is 38.2. The summed E-state index contributed by atoms with van der Waals surface area (Å²) in [5.74, 6) is 1.51. The van der Waals surface area contributed by atoms with Crippen molar-refractivity contribution in [3.8, 4) is 11.5 Å². The Bertz CT molecular complexity index is 2820. The van der Waals surface area contributed by atoms with Crippen molar-refractivity contribution in [1.29, 1.82) is 0 Å². The predicted octanol–water partition coefficient (Wildman–Crippen LogP) is 9.13. The summed E-state index contributed by atoms with van der Waals surface area (Å²) in [6.07, 6.45) is 0. The maximum absolute atomic E-state index is 13.7.